The summed E-state index contributed by atoms with van der Waals surface area (Å²) in [4.78, 5) is 32.8. The Hall–Kier alpha value is -2.30. The normalized spacial score (nSPS) is 14.1. The first-order chi connectivity index (χ1) is 15.4. The minimum atomic E-state index is -0.497. The van der Waals surface area contributed by atoms with Gasteiger partial charge in [0.1, 0.15) is 0 Å². The van der Waals surface area contributed by atoms with E-state index in [0.717, 1.165) is 41.8 Å². The lowest BCUT2D eigenvalue weighted by Crippen LogP contribution is -2.39. The third-order valence-electron chi connectivity index (χ3n) is 5.38. The van der Waals surface area contributed by atoms with Crippen LogP contribution in [0.15, 0.2) is 36.4 Å². The first kappa shape index (κ1) is 25.3. The molecule has 1 aromatic heterocycles. The Morgan fingerprint density at radius 3 is 2.79 bits per heavy atom. The summed E-state index contributed by atoms with van der Waals surface area (Å²) in [6.07, 6.45) is 0.746. The van der Waals surface area contributed by atoms with E-state index in [4.69, 9.17) is 21.3 Å². The number of rotatable bonds is 7. The molecule has 176 valence electrons. The van der Waals surface area contributed by atoms with Crippen LogP contribution in [0, 0.1) is 17.0 Å². The van der Waals surface area contributed by atoms with Crippen molar-refractivity contribution in [2.45, 2.75) is 13.3 Å². The molecule has 1 aliphatic rings. The smallest absolute Gasteiger partial charge is 0.270 e. The number of carbonyl (C=O) groups excluding carboxylic acids is 1. The molecule has 0 unspecified atom stereocenters. The zero-order valence-corrected chi connectivity index (χ0v) is 20.4. The maximum absolute atomic E-state index is 13.4. The van der Waals surface area contributed by atoms with Gasteiger partial charge in [0.2, 0.25) is 0 Å². The lowest BCUT2D eigenvalue weighted by Gasteiger charge is -2.27. The highest BCUT2D eigenvalue weighted by atomic mass is 35.5. The van der Waals surface area contributed by atoms with Crippen molar-refractivity contribution in [3.8, 4) is 0 Å². The maximum atomic E-state index is 13.4. The minimum Gasteiger partial charge on any atom is -0.379 e. The van der Waals surface area contributed by atoms with Crippen molar-refractivity contribution in [2.24, 2.45) is 0 Å². The first-order valence-electron chi connectivity index (χ1n) is 10.4. The zero-order valence-electron chi connectivity index (χ0n) is 18.0. The number of hydrogen-bond acceptors (Lipinski definition) is 7. The van der Waals surface area contributed by atoms with Crippen molar-refractivity contribution >= 4 is 62.3 Å². The van der Waals surface area contributed by atoms with Gasteiger partial charge in [-0.05, 0) is 37.1 Å². The molecule has 11 heteroatoms. The Morgan fingerprint density at radius 2 is 2.06 bits per heavy atom. The summed E-state index contributed by atoms with van der Waals surface area (Å²) in [5, 5.41) is 12.4. The van der Waals surface area contributed by atoms with Crippen LogP contribution in [-0.4, -0.2) is 60.1 Å². The molecule has 1 saturated heterocycles. The Labute approximate surface area is 206 Å². The number of anilines is 1. The molecule has 0 spiro atoms. The third-order valence-corrected chi connectivity index (χ3v) is 6.62. The van der Waals surface area contributed by atoms with Gasteiger partial charge < -0.3 is 4.74 Å². The van der Waals surface area contributed by atoms with Crippen LogP contribution in [0.1, 0.15) is 22.3 Å². The van der Waals surface area contributed by atoms with E-state index in [9.17, 15) is 14.9 Å². The fourth-order valence-electron chi connectivity index (χ4n) is 3.73. The highest BCUT2D eigenvalue weighted by Crippen LogP contribution is 2.34. The summed E-state index contributed by atoms with van der Waals surface area (Å²) in [5.74, 6) is -0.307. The molecule has 4 rings (SSSR count). The molecular weight excluding hydrogens is 487 g/mol. The quantitative estimate of drug-likeness (QED) is 0.329. The lowest BCUT2D eigenvalue weighted by atomic mass is 10.1. The molecular formula is C22H24Cl2N4O4S. The maximum Gasteiger partial charge on any atom is 0.270 e. The molecule has 0 aliphatic carbocycles. The largest absolute Gasteiger partial charge is 0.379 e. The molecule has 0 atom stereocenters. The lowest BCUT2D eigenvalue weighted by molar-refractivity contribution is -0.384. The van der Waals surface area contributed by atoms with Crippen molar-refractivity contribution in [3.63, 3.8) is 0 Å². The van der Waals surface area contributed by atoms with Gasteiger partial charge in [0.05, 0.1) is 28.4 Å². The third kappa shape index (κ3) is 5.99. The predicted octanol–water partition coefficient (Wildman–Crippen LogP) is 4.96. The number of nitro groups is 1. The van der Waals surface area contributed by atoms with Gasteiger partial charge in [0.25, 0.3) is 11.6 Å². The van der Waals surface area contributed by atoms with Gasteiger partial charge in [0, 0.05) is 48.9 Å². The van der Waals surface area contributed by atoms with E-state index in [-0.39, 0.29) is 29.6 Å². The topological polar surface area (TPSA) is 88.8 Å². The van der Waals surface area contributed by atoms with E-state index >= 15 is 0 Å². The van der Waals surface area contributed by atoms with Crippen LogP contribution in [-0.2, 0) is 4.74 Å². The van der Waals surface area contributed by atoms with E-state index in [1.54, 1.807) is 11.0 Å². The number of carbonyl (C=O) groups is 1. The number of aromatic nitrogens is 1. The number of fused-ring (bicyclic) bond motifs is 1. The summed E-state index contributed by atoms with van der Waals surface area (Å²) in [5.41, 5.74) is 1.89. The summed E-state index contributed by atoms with van der Waals surface area (Å²) in [6.45, 7) is 6.39. The summed E-state index contributed by atoms with van der Waals surface area (Å²) >= 11 is 7.60. The molecule has 2 aromatic carbocycles. The monoisotopic (exact) mass is 510 g/mol. The molecule has 2 heterocycles. The van der Waals surface area contributed by atoms with E-state index in [0.29, 0.717) is 29.9 Å². The number of hydrogen-bond donors (Lipinski definition) is 0. The number of nitro benzene ring substituents is 1. The predicted molar refractivity (Wildman–Crippen MR) is 133 cm³/mol. The van der Waals surface area contributed by atoms with Crippen molar-refractivity contribution in [1.82, 2.24) is 9.88 Å². The van der Waals surface area contributed by atoms with E-state index < -0.39 is 4.92 Å². The van der Waals surface area contributed by atoms with Crippen molar-refractivity contribution < 1.29 is 14.5 Å². The molecule has 1 fully saturated rings. The Kier molecular flexibility index (Phi) is 8.61. The number of ether oxygens (including phenoxy) is 1. The number of benzene rings is 2. The number of amides is 1. The van der Waals surface area contributed by atoms with Gasteiger partial charge in [-0.3, -0.25) is 24.7 Å². The second kappa shape index (κ2) is 11.2. The van der Waals surface area contributed by atoms with Gasteiger partial charge in [0.15, 0.2) is 5.13 Å². The number of halogens is 2. The molecule has 0 saturated carbocycles. The summed E-state index contributed by atoms with van der Waals surface area (Å²) < 4.78 is 6.30. The van der Waals surface area contributed by atoms with Gasteiger partial charge in [-0.15, -0.1) is 12.4 Å². The number of nitrogens with zero attached hydrogens (tertiary/aromatic N) is 4. The Morgan fingerprint density at radius 1 is 1.30 bits per heavy atom. The van der Waals surface area contributed by atoms with Crippen LogP contribution in [0.5, 0.6) is 0 Å². The van der Waals surface area contributed by atoms with Crippen molar-refractivity contribution in [1.29, 1.82) is 0 Å². The second-order valence-electron chi connectivity index (χ2n) is 7.64. The molecule has 3 aromatic rings. The average Bonchev–Trinajstić information content (AvgIpc) is 3.21. The van der Waals surface area contributed by atoms with Gasteiger partial charge in [-0.1, -0.05) is 29.0 Å². The molecule has 1 amide bonds. The standard InChI is InChI=1S/C22H23ClN4O4S.ClH/c1-15-12-17(23)14-19-20(15)24-22(32-19)26(7-3-6-25-8-10-31-11-9-25)21(28)16-4-2-5-18(13-16)27(29)30;/h2,4-5,12-14H,3,6-11H2,1H3;1H. The number of aryl methyl sites for hydroxylation is 1. The van der Waals surface area contributed by atoms with Gasteiger partial charge in [-0.2, -0.15) is 0 Å². The van der Waals surface area contributed by atoms with E-state index in [1.165, 1.54) is 29.5 Å². The van der Waals surface area contributed by atoms with Crippen molar-refractivity contribution in [3.05, 3.63) is 62.7 Å². The van der Waals surface area contributed by atoms with Gasteiger partial charge in [-0.25, -0.2) is 4.98 Å². The molecule has 0 radical (unpaired) electrons. The van der Waals surface area contributed by atoms with Crippen LogP contribution in [0.3, 0.4) is 0 Å². The fourth-order valence-corrected chi connectivity index (χ4v) is 5.17. The minimum absolute atomic E-state index is 0. The van der Waals surface area contributed by atoms with Crippen LogP contribution in [0.2, 0.25) is 5.02 Å². The van der Waals surface area contributed by atoms with Crippen LogP contribution < -0.4 is 4.90 Å². The number of non-ortho nitro benzene ring substituents is 1. The Bertz CT molecular complexity index is 1150. The molecule has 0 N–H and O–H groups in total. The summed E-state index contributed by atoms with van der Waals surface area (Å²) in [6, 6.07) is 9.50. The molecule has 8 nitrogen and oxygen atoms in total. The summed E-state index contributed by atoms with van der Waals surface area (Å²) in [7, 11) is 0. The van der Waals surface area contributed by atoms with Crippen molar-refractivity contribution in [2.75, 3.05) is 44.3 Å². The fraction of sp³-hybridized carbons (Fsp3) is 0.364. The molecule has 1 aliphatic heterocycles. The highest BCUT2D eigenvalue weighted by molar-refractivity contribution is 7.22. The van der Waals surface area contributed by atoms with E-state index in [2.05, 4.69) is 4.90 Å². The first-order valence-corrected chi connectivity index (χ1v) is 11.5. The zero-order chi connectivity index (χ0) is 22.7. The van der Waals surface area contributed by atoms with Crippen LogP contribution in [0.4, 0.5) is 10.8 Å². The molecule has 33 heavy (non-hydrogen) atoms. The van der Waals surface area contributed by atoms with E-state index in [1.807, 2.05) is 19.1 Å². The highest BCUT2D eigenvalue weighted by Gasteiger charge is 2.24. The number of morpholine rings is 1. The SMILES string of the molecule is Cc1cc(Cl)cc2sc(N(CCCN3CCOCC3)C(=O)c3cccc([N+](=O)[O-])c3)nc12.Cl. The van der Waals surface area contributed by atoms with Crippen LogP contribution in [0.25, 0.3) is 10.2 Å². The Balaban J connectivity index is 0.00000306. The second-order valence-corrected chi connectivity index (χ2v) is 9.08. The van der Waals surface area contributed by atoms with Crippen LogP contribution >= 0.6 is 35.3 Å². The molecule has 0 bridgehead atoms. The van der Waals surface area contributed by atoms with Gasteiger partial charge >= 0.3 is 0 Å². The average molecular weight is 511 g/mol. The number of thiazole rings is 1.